The fraction of sp³-hybridized carbons (Fsp3) is 0.542. The summed E-state index contributed by atoms with van der Waals surface area (Å²) < 4.78 is 0. The Morgan fingerprint density at radius 2 is 1.94 bits per heavy atom. The molecule has 2 N–H and O–H groups in total. The van der Waals surface area contributed by atoms with Gasteiger partial charge in [0.15, 0.2) is 5.54 Å². The van der Waals surface area contributed by atoms with Gasteiger partial charge in [-0.1, -0.05) is 50.8 Å². The second-order valence-corrected chi connectivity index (χ2v) is 8.84. The molecule has 1 aromatic heterocycles. The molecule has 1 saturated heterocycles. The molecule has 2 aromatic rings. The molecule has 0 saturated carbocycles. The molecular formula is C24H32N4O3. The molecule has 0 bridgehead atoms. The first-order chi connectivity index (χ1) is 14.9. The summed E-state index contributed by atoms with van der Waals surface area (Å²) in [6.45, 7) is 6.62. The van der Waals surface area contributed by atoms with Gasteiger partial charge >= 0.3 is 6.03 Å². The third kappa shape index (κ3) is 3.40. The van der Waals surface area contributed by atoms with Crippen molar-refractivity contribution >= 4 is 28.7 Å². The van der Waals surface area contributed by atoms with E-state index >= 15 is 0 Å². The first-order valence-corrected chi connectivity index (χ1v) is 11.4. The van der Waals surface area contributed by atoms with Gasteiger partial charge in [0, 0.05) is 24.0 Å². The summed E-state index contributed by atoms with van der Waals surface area (Å²) in [6, 6.07) is 6.73. The van der Waals surface area contributed by atoms with Gasteiger partial charge in [0.25, 0.3) is 5.91 Å². The number of hydrogen-bond acceptors (Lipinski definition) is 3. The number of rotatable bonds is 8. The summed E-state index contributed by atoms with van der Waals surface area (Å²) in [5.74, 6) is -0.617. The van der Waals surface area contributed by atoms with Crippen molar-refractivity contribution in [3.8, 4) is 0 Å². The quantitative estimate of drug-likeness (QED) is 0.501. The van der Waals surface area contributed by atoms with Gasteiger partial charge in [-0.2, -0.15) is 0 Å². The van der Waals surface area contributed by atoms with Crippen LogP contribution in [0.25, 0.3) is 10.9 Å². The predicted molar refractivity (Wildman–Crippen MR) is 120 cm³/mol. The van der Waals surface area contributed by atoms with E-state index in [-0.39, 0.29) is 17.8 Å². The first-order valence-electron chi connectivity index (χ1n) is 11.4. The molecule has 2 atom stereocenters. The lowest BCUT2D eigenvalue weighted by molar-refractivity contribution is -0.139. The molecule has 4 rings (SSSR count). The minimum absolute atomic E-state index is 0.280. The highest BCUT2D eigenvalue weighted by Gasteiger charge is 2.60. The third-order valence-corrected chi connectivity index (χ3v) is 6.84. The SMILES string of the molecule is CCCCCCCNC(=O)C(C)N1C(=O)N2CCc3c([nH]c4ccccc34)C2(C)C1=O. The fourth-order valence-electron chi connectivity index (χ4n) is 4.96. The smallest absolute Gasteiger partial charge is 0.328 e. The number of aromatic nitrogens is 1. The third-order valence-electron chi connectivity index (χ3n) is 6.84. The zero-order valence-electron chi connectivity index (χ0n) is 18.7. The van der Waals surface area contributed by atoms with Crippen LogP contribution in [0.1, 0.15) is 64.1 Å². The van der Waals surface area contributed by atoms with Crippen LogP contribution in [-0.2, 0) is 21.5 Å². The maximum atomic E-state index is 13.6. The average molecular weight is 425 g/mol. The molecule has 31 heavy (non-hydrogen) atoms. The van der Waals surface area contributed by atoms with Gasteiger partial charge in [0.05, 0.1) is 5.69 Å². The van der Waals surface area contributed by atoms with Crippen LogP contribution in [0.15, 0.2) is 24.3 Å². The van der Waals surface area contributed by atoms with E-state index in [1.165, 1.54) is 12.8 Å². The highest BCUT2D eigenvalue weighted by atomic mass is 16.2. The second kappa shape index (κ2) is 8.36. The van der Waals surface area contributed by atoms with E-state index < -0.39 is 11.6 Å². The van der Waals surface area contributed by atoms with E-state index in [0.29, 0.717) is 19.5 Å². The highest BCUT2D eigenvalue weighted by Crippen LogP contribution is 2.44. The van der Waals surface area contributed by atoms with Gasteiger partial charge in [-0.05, 0) is 38.3 Å². The van der Waals surface area contributed by atoms with Crippen LogP contribution in [0.2, 0.25) is 0 Å². The maximum absolute atomic E-state index is 13.6. The Kier molecular flexibility index (Phi) is 5.77. The van der Waals surface area contributed by atoms with Gasteiger partial charge < -0.3 is 15.2 Å². The number of carbonyl (C=O) groups is 3. The topological polar surface area (TPSA) is 85.5 Å². The summed E-state index contributed by atoms with van der Waals surface area (Å²) in [5, 5.41) is 3.99. The number of benzene rings is 1. The number of fused-ring (bicyclic) bond motifs is 5. The Balaban J connectivity index is 1.52. The zero-order valence-corrected chi connectivity index (χ0v) is 18.7. The summed E-state index contributed by atoms with van der Waals surface area (Å²) in [5.41, 5.74) is 1.70. The number of imide groups is 1. The van der Waals surface area contributed by atoms with E-state index in [1.54, 1.807) is 18.7 Å². The summed E-state index contributed by atoms with van der Waals surface area (Å²) in [6.07, 6.45) is 6.19. The average Bonchev–Trinajstić information content (AvgIpc) is 3.24. The number of para-hydroxylation sites is 1. The highest BCUT2D eigenvalue weighted by molar-refractivity contribution is 6.10. The molecule has 4 amide bonds. The molecule has 0 spiro atoms. The zero-order chi connectivity index (χ0) is 22.2. The lowest BCUT2D eigenvalue weighted by Gasteiger charge is -2.36. The van der Waals surface area contributed by atoms with E-state index in [4.69, 9.17) is 0 Å². The number of nitrogens with zero attached hydrogens (tertiary/aromatic N) is 2. The number of aromatic amines is 1. The van der Waals surface area contributed by atoms with Gasteiger partial charge in [-0.3, -0.25) is 9.59 Å². The van der Waals surface area contributed by atoms with E-state index in [2.05, 4.69) is 17.2 Å². The van der Waals surface area contributed by atoms with Crippen molar-refractivity contribution in [3.63, 3.8) is 0 Å². The lowest BCUT2D eigenvalue weighted by atomic mass is 9.87. The molecule has 3 heterocycles. The number of hydrogen-bond donors (Lipinski definition) is 2. The molecule has 2 unspecified atom stereocenters. The van der Waals surface area contributed by atoms with Crippen LogP contribution in [-0.4, -0.2) is 51.8 Å². The molecule has 0 aliphatic carbocycles. The number of carbonyl (C=O) groups excluding carboxylic acids is 3. The van der Waals surface area contributed by atoms with Crippen molar-refractivity contribution in [1.29, 1.82) is 0 Å². The Bertz CT molecular complexity index is 1010. The minimum atomic E-state index is -1.11. The summed E-state index contributed by atoms with van der Waals surface area (Å²) in [7, 11) is 0. The summed E-state index contributed by atoms with van der Waals surface area (Å²) in [4.78, 5) is 45.6. The Morgan fingerprint density at radius 1 is 1.19 bits per heavy atom. The molecule has 1 fully saturated rings. The van der Waals surface area contributed by atoms with Crippen molar-refractivity contribution in [1.82, 2.24) is 20.1 Å². The number of urea groups is 1. The molecule has 7 nitrogen and oxygen atoms in total. The van der Waals surface area contributed by atoms with Crippen molar-refractivity contribution in [3.05, 3.63) is 35.5 Å². The van der Waals surface area contributed by atoms with Crippen LogP contribution in [0.4, 0.5) is 4.79 Å². The second-order valence-electron chi connectivity index (χ2n) is 8.84. The van der Waals surface area contributed by atoms with Gasteiger partial charge in [0.2, 0.25) is 5.91 Å². The van der Waals surface area contributed by atoms with E-state index in [0.717, 1.165) is 46.3 Å². The van der Waals surface area contributed by atoms with Crippen LogP contribution >= 0.6 is 0 Å². The number of H-pyrrole nitrogens is 1. The fourth-order valence-corrected chi connectivity index (χ4v) is 4.96. The van der Waals surface area contributed by atoms with Crippen molar-refractivity contribution < 1.29 is 14.4 Å². The van der Waals surface area contributed by atoms with E-state index in [9.17, 15) is 14.4 Å². The maximum Gasteiger partial charge on any atom is 0.328 e. The van der Waals surface area contributed by atoms with Gasteiger partial charge in [0.1, 0.15) is 6.04 Å². The first kappa shape index (κ1) is 21.4. The number of nitrogens with one attached hydrogen (secondary N) is 2. The Morgan fingerprint density at radius 3 is 2.71 bits per heavy atom. The summed E-state index contributed by atoms with van der Waals surface area (Å²) >= 11 is 0. The number of amides is 4. The van der Waals surface area contributed by atoms with Crippen molar-refractivity contribution in [2.24, 2.45) is 0 Å². The van der Waals surface area contributed by atoms with Gasteiger partial charge in [-0.15, -0.1) is 0 Å². The van der Waals surface area contributed by atoms with Crippen molar-refractivity contribution in [2.75, 3.05) is 13.1 Å². The van der Waals surface area contributed by atoms with E-state index in [1.807, 2.05) is 24.3 Å². The monoisotopic (exact) mass is 424 g/mol. The normalized spacial score (nSPS) is 21.4. The molecule has 166 valence electrons. The van der Waals surface area contributed by atoms with Crippen LogP contribution in [0.3, 0.4) is 0 Å². The van der Waals surface area contributed by atoms with Crippen molar-refractivity contribution in [2.45, 2.75) is 70.9 Å². The van der Waals surface area contributed by atoms with Crippen LogP contribution in [0, 0.1) is 0 Å². The molecule has 2 aliphatic heterocycles. The number of unbranched alkanes of at least 4 members (excludes halogenated alkanes) is 4. The van der Waals surface area contributed by atoms with Crippen LogP contribution < -0.4 is 5.32 Å². The Hall–Kier alpha value is -2.83. The lowest BCUT2D eigenvalue weighted by Crippen LogP contribution is -2.50. The predicted octanol–water partition coefficient (Wildman–Crippen LogP) is 3.68. The molecule has 2 aliphatic rings. The standard InChI is InChI=1S/C24H32N4O3/c1-4-5-6-7-10-14-25-21(29)16(2)28-22(30)24(3)20-18(13-15-27(24)23(28)31)17-11-8-9-12-19(17)26-20/h8-9,11-12,16,26H,4-7,10,13-15H2,1-3H3,(H,25,29). The Labute approximate surface area is 183 Å². The largest absolute Gasteiger partial charge is 0.356 e. The van der Waals surface area contributed by atoms with Crippen LogP contribution in [0.5, 0.6) is 0 Å². The molecular weight excluding hydrogens is 392 g/mol. The van der Waals surface area contributed by atoms with Gasteiger partial charge in [-0.25, -0.2) is 9.69 Å². The molecule has 7 heteroatoms. The molecule has 0 radical (unpaired) electrons. The molecule has 1 aromatic carbocycles. The minimum Gasteiger partial charge on any atom is -0.356 e.